The number of aromatic nitrogens is 2. The Kier molecular flexibility index (Phi) is 13.2. The highest BCUT2D eigenvalue weighted by Crippen LogP contribution is 2.40. The Bertz CT molecular complexity index is 2010. The largest absolute Gasteiger partial charge is 0.353 e. The number of rotatable bonds is 15. The number of aromatic amines is 2. The predicted molar refractivity (Wildman–Crippen MR) is 214 cm³/mol. The number of likely N-dealkylation sites (N-methyl/N-ethyl adjacent to an activating group) is 2. The standard InChI is InChI=1S/C42H54F4N8O4/c1-7-33(51-39(55)21(3)47-5)41(57)53-19-25(45)13-27(53)17-31-29-11-9-23(43)15-35(29)49-37(31)38-32(30-12-10-24(44)16-36(30)50-38)18-28-14-26(46)20-54(28)42(58)34(8-2)52-40(56)22(4)48-6/h9-12,15-16,21-22,25-28,33-34,47-50H,7-8,13-14,17-20H2,1-6H3,(H,51,55)(H,52,56)/t21-,22-,25-,26-,27-,28-,33-,34-/m0/s1. The first-order valence-corrected chi connectivity index (χ1v) is 20.1. The average molecular weight is 811 g/mol. The molecule has 2 aromatic heterocycles. The summed E-state index contributed by atoms with van der Waals surface area (Å²) in [5, 5.41) is 12.5. The Hall–Kier alpha value is -4.96. The van der Waals surface area contributed by atoms with Crippen LogP contribution in [0.25, 0.3) is 33.2 Å². The van der Waals surface area contributed by atoms with Gasteiger partial charge in [-0.3, -0.25) is 19.2 Å². The van der Waals surface area contributed by atoms with E-state index < -0.39 is 72.0 Å². The van der Waals surface area contributed by atoms with Gasteiger partial charge in [0.05, 0.1) is 36.6 Å². The van der Waals surface area contributed by atoms with Crippen LogP contribution in [0.2, 0.25) is 0 Å². The fourth-order valence-electron chi connectivity index (χ4n) is 8.36. The monoisotopic (exact) mass is 810 g/mol. The molecule has 4 aromatic rings. The first-order chi connectivity index (χ1) is 27.7. The Balaban J connectivity index is 1.40. The molecular formula is C42H54F4N8O4. The van der Waals surface area contributed by atoms with Crippen molar-refractivity contribution in [3.05, 3.63) is 59.2 Å². The number of amides is 4. The molecule has 2 fully saturated rings. The Morgan fingerprint density at radius 3 is 1.41 bits per heavy atom. The first-order valence-electron chi connectivity index (χ1n) is 20.1. The predicted octanol–water partition coefficient (Wildman–Crippen LogP) is 4.56. The van der Waals surface area contributed by atoms with Crippen molar-refractivity contribution in [3.63, 3.8) is 0 Å². The maximum atomic E-state index is 15.3. The summed E-state index contributed by atoms with van der Waals surface area (Å²) >= 11 is 0. The van der Waals surface area contributed by atoms with Gasteiger partial charge in [0.2, 0.25) is 23.6 Å². The second-order valence-corrected chi connectivity index (χ2v) is 15.7. The number of nitrogens with zero attached hydrogens (tertiary/aromatic N) is 2. The highest BCUT2D eigenvalue weighted by Gasteiger charge is 2.41. The van der Waals surface area contributed by atoms with Gasteiger partial charge >= 0.3 is 0 Å². The third-order valence-electron chi connectivity index (χ3n) is 11.9. The molecule has 16 heteroatoms. The van der Waals surface area contributed by atoms with Gasteiger partial charge in [-0.2, -0.15) is 0 Å². The molecule has 4 amide bonds. The molecule has 2 aromatic carbocycles. The van der Waals surface area contributed by atoms with Crippen LogP contribution in [-0.4, -0.2) is 119 Å². The molecule has 6 rings (SSSR count). The normalized spacial score (nSPS) is 21.7. The highest BCUT2D eigenvalue weighted by atomic mass is 19.1. The van der Waals surface area contributed by atoms with Gasteiger partial charge in [-0.1, -0.05) is 13.8 Å². The zero-order chi connectivity index (χ0) is 42.0. The van der Waals surface area contributed by atoms with Crippen molar-refractivity contribution in [1.82, 2.24) is 41.0 Å². The number of carbonyl (C=O) groups is 4. The molecular weight excluding hydrogens is 757 g/mol. The molecule has 2 saturated heterocycles. The van der Waals surface area contributed by atoms with E-state index in [0.717, 1.165) is 0 Å². The van der Waals surface area contributed by atoms with Crippen molar-refractivity contribution < 1.29 is 36.7 Å². The first kappa shape index (κ1) is 42.6. The van der Waals surface area contributed by atoms with Crippen molar-refractivity contribution in [2.75, 3.05) is 27.2 Å². The molecule has 0 unspecified atom stereocenters. The second-order valence-electron chi connectivity index (χ2n) is 15.7. The second kappa shape index (κ2) is 17.9. The van der Waals surface area contributed by atoms with Gasteiger partial charge in [-0.05, 0) is 101 Å². The third kappa shape index (κ3) is 8.72. The summed E-state index contributed by atoms with van der Waals surface area (Å²) in [6.07, 6.45) is -1.72. The lowest BCUT2D eigenvalue weighted by Crippen LogP contribution is -2.53. The summed E-state index contributed by atoms with van der Waals surface area (Å²) < 4.78 is 60.2. The van der Waals surface area contributed by atoms with Crippen molar-refractivity contribution in [2.45, 2.75) is 115 Å². The maximum Gasteiger partial charge on any atom is 0.245 e. The average Bonchev–Trinajstić information content (AvgIpc) is 3.96. The van der Waals surface area contributed by atoms with E-state index in [0.29, 0.717) is 44.3 Å². The lowest BCUT2D eigenvalue weighted by molar-refractivity contribution is -0.137. The van der Waals surface area contributed by atoms with Crippen molar-refractivity contribution in [1.29, 1.82) is 0 Å². The minimum atomic E-state index is -1.33. The molecule has 4 heterocycles. The Morgan fingerprint density at radius 1 is 0.690 bits per heavy atom. The van der Waals surface area contributed by atoms with Gasteiger partial charge in [0.1, 0.15) is 36.1 Å². The van der Waals surface area contributed by atoms with Crippen LogP contribution in [0.15, 0.2) is 36.4 Å². The fourth-order valence-corrected chi connectivity index (χ4v) is 8.36. The van der Waals surface area contributed by atoms with Crippen LogP contribution >= 0.6 is 0 Å². The Labute approximate surface area is 335 Å². The van der Waals surface area contributed by atoms with E-state index in [-0.39, 0.29) is 63.4 Å². The third-order valence-corrected chi connectivity index (χ3v) is 11.9. The molecule has 0 bridgehead atoms. The fraction of sp³-hybridized carbons (Fsp3) is 0.524. The van der Waals surface area contributed by atoms with E-state index in [1.54, 1.807) is 53.9 Å². The molecule has 0 aliphatic carbocycles. The molecule has 0 radical (unpaired) electrons. The number of fused-ring (bicyclic) bond motifs is 2. The molecule has 8 atom stereocenters. The summed E-state index contributed by atoms with van der Waals surface area (Å²) in [5.41, 5.74) is 3.17. The lowest BCUT2D eigenvalue weighted by Gasteiger charge is -2.30. The SMILES string of the molecule is CC[C@H](NC(=O)[C@H](C)NC)C(=O)N1C[C@@H](F)C[C@H]1Cc1c(-c2[nH]c3cc(F)ccc3c2C[C@@H]2C[C@H](F)CN2C(=O)[C@H](CC)NC(=O)[C@H](C)NC)[nH]c2cc(F)ccc12. The van der Waals surface area contributed by atoms with Gasteiger partial charge in [0, 0.05) is 46.7 Å². The smallest absolute Gasteiger partial charge is 0.245 e. The summed E-state index contributed by atoms with van der Waals surface area (Å²) in [7, 11) is 3.27. The van der Waals surface area contributed by atoms with E-state index in [4.69, 9.17) is 0 Å². The van der Waals surface area contributed by atoms with E-state index in [1.165, 1.54) is 34.1 Å². The number of alkyl halides is 2. The summed E-state index contributed by atoms with van der Waals surface area (Å²) in [6, 6.07) is 4.40. The van der Waals surface area contributed by atoms with Gasteiger partial charge < -0.3 is 41.0 Å². The maximum absolute atomic E-state index is 15.3. The van der Waals surface area contributed by atoms with Gasteiger partial charge in [0.15, 0.2) is 0 Å². The number of H-pyrrole nitrogens is 2. The van der Waals surface area contributed by atoms with Crippen LogP contribution in [0.1, 0.15) is 64.5 Å². The molecule has 314 valence electrons. The Morgan fingerprint density at radius 2 is 1.07 bits per heavy atom. The quantitative estimate of drug-likeness (QED) is 0.0969. The summed E-state index contributed by atoms with van der Waals surface area (Å²) in [4.78, 5) is 63.1. The van der Waals surface area contributed by atoms with Crippen LogP contribution in [0.5, 0.6) is 0 Å². The summed E-state index contributed by atoms with van der Waals surface area (Å²) in [6.45, 7) is 6.55. The summed E-state index contributed by atoms with van der Waals surface area (Å²) in [5.74, 6) is -2.54. The minimum absolute atomic E-state index is 0.0282. The van der Waals surface area contributed by atoms with Crippen LogP contribution in [0.3, 0.4) is 0 Å². The van der Waals surface area contributed by atoms with Gasteiger partial charge in [0.25, 0.3) is 0 Å². The number of halogens is 4. The van der Waals surface area contributed by atoms with E-state index >= 15 is 8.78 Å². The highest BCUT2D eigenvalue weighted by molar-refractivity contribution is 5.97. The molecule has 2 aliphatic rings. The number of benzene rings is 2. The molecule has 12 nitrogen and oxygen atoms in total. The number of hydrogen-bond donors (Lipinski definition) is 6. The van der Waals surface area contributed by atoms with Crippen molar-refractivity contribution in [3.8, 4) is 11.4 Å². The van der Waals surface area contributed by atoms with Crippen LogP contribution < -0.4 is 21.3 Å². The van der Waals surface area contributed by atoms with E-state index in [1.807, 2.05) is 0 Å². The van der Waals surface area contributed by atoms with E-state index in [2.05, 4.69) is 31.2 Å². The van der Waals surface area contributed by atoms with Crippen LogP contribution in [-0.2, 0) is 32.0 Å². The topological polar surface area (TPSA) is 154 Å². The van der Waals surface area contributed by atoms with Crippen LogP contribution in [0.4, 0.5) is 17.6 Å². The molecule has 2 aliphatic heterocycles. The molecule has 0 spiro atoms. The van der Waals surface area contributed by atoms with Crippen LogP contribution in [0, 0.1) is 11.6 Å². The molecule has 58 heavy (non-hydrogen) atoms. The van der Waals surface area contributed by atoms with Crippen molar-refractivity contribution >= 4 is 45.4 Å². The van der Waals surface area contributed by atoms with E-state index in [9.17, 15) is 28.0 Å². The van der Waals surface area contributed by atoms with Gasteiger partial charge in [-0.15, -0.1) is 0 Å². The molecule has 6 N–H and O–H groups in total. The lowest BCUT2D eigenvalue weighted by atomic mass is 9.94. The number of nitrogens with one attached hydrogen (secondary N) is 6. The molecule has 0 saturated carbocycles. The van der Waals surface area contributed by atoms with Gasteiger partial charge in [-0.25, -0.2) is 17.6 Å². The number of hydrogen-bond acceptors (Lipinski definition) is 6. The zero-order valence-corrected chi connectivity index (χ0v) is 33.8. The number of likely N-dealkylation sites (tertiary alicyclic amines) is 2. The zero-order valence-electron chi connectivity index (χ0n) is 33.8. The minimum Gasteiger partial charge on any atom is -0.353 e. The number of carbonyl (C=O) groups excluding carboxylic acids is 4. The van der Waals surface area contributed by atoms with Crippen molar-refractivity contribution in [2.24, 2.45) is 0 Å².